The first kappa shape index (κ1) is 15.0. The number of rotatable bonds is 3. The van der Waals surface area contributed by atoms with Crippen molar-refractivity contribution in [1.29, 1.82) is 0 Å². The number of hydrogen-bond donors (Lipinski definition) is 0. The van der Waals surface area contributed by atoms with E-state index in [1.165, 1.54) is 0 Å². The molecule has 0 aliphatic carbocycles. The van der Waals surface area contributed by atoms with Gasteiger partial charge in [0.05, 0.1) is 4.90 Å². The van der Waals surface area contributed by atoms with E-state index in [1.54, 1.807) is 16.4 Å². The minimum Gasteiger partial charge on any atom is -0.207 e. The van der Waals surface area contributed by atoms with Gasteiger partial charge in [0, 0.05) is 12.6 Å². The van der Waals surface area contributed by atoms with E-state index >= 15 is 0 Å². The Morgan fingerprint density at radius 3 is 2.25 bits per heavy atom. The SMILES string of the molecule is C=C(C)C1=C(C)CN(S(=O)(=O)c2ccc(C)cc2)C1C. The van der Waals surface area contributed by atoms with Crippen LogP contribution in [0.5, 0.6) is 0 Å². The Morgan fingerprint density at radius 2 is 1.80 bits per heavy atom. The lowest BCUT2D eigenvalue weighted by Gasteiger charge is -2.23. The molecule has 0 saturated carbocycles. The predicted molar refractivity (Wildman–Crippen MR) is 82.0 cm³/mol. The highest BCUT2D eigenvalue weighted by atomic mass is 32.2. The van der Waals surface area contributed by atoms with Gasteiger partial charge in [0.25, 0.3) is 0 Å². The van der Waals surface area contributed by atoms with Gasteiger partial charge in [-0.15, -0.1) is 0 Å². The zero-order valence-electron chi connectivity index (χ0n) is 12.5. The van der Waals surface area contributed by atoms with Gasteiger partial charge in [-0.3, -0.25) is 0 Å². The third-order valence-corrected chi connectivity index (χ3v) is 5.72. The van der Waals surface area contributed by atoms with Gasteiger partial charge in [-0.25, -0.2) is 8.42 Å². The summed E-state index contributed by atoms with van der Waals surface area (Å²) in [5.41, 5.74) is 4.13. The van der Waals surface area contributed by atoms with Crippen LogP contribution in [0.3, 0.4) is 0 Å². The van der Waals surface area contributed by atoms with Crippen molar-refractivity contribution < 1.29 is 8.42 Å². The fourth-order valence-corrected chi connectivity index (χ4v) is 4.45. The first-order valence-corrected chi connectivity index (χ1v) is 8.13. The van der Waals surface area contributed by atoms with E-state index in [0.29, 0.717) is 11.4 Å². The number of aryl methyl sites for hydroxylation is 1. The summed E-state index contributed by atoms with van der Waals surface area (Å²) in [7, 11) is -3.45. The molecule has 1 aromatic carbocycles. The van der Waals surface area contributed by atoms with Crippen LogP contribution >= 0.6 is 0 Å². The predicted octanol–water partition coefficient (Wildman–Crippen LogP) is 3.28. The van der Waals surface area contributed by atoms with Crippen LogP contribution in [0.4, 0.5) is 0 Å². The molecular formula is C16H21NO2S. The van der Waals surface area contributed by atoms with Gasteiger partial charge >= 0.3 is 0 Å². The maximum absolute atomic E-state index is 12.7. The van der Waals surface area contributed by atoms with Gasteiger partial charge in [0.2, 0.25) is 10.0 Å². The molecule has 4 heteroatoms. The molecule has 0 N–H and O–H groups in total. The molecule has 1 heterocycles. The monoisotopic (exact) mass is 291 g/mol. The zero-order chi connectivity index (χ0) is 15.1. The van der Waals surface area contributed by atoms with Crippen LogP contribution in [0.1, 0.15) is 26.3 Å². The first-order valence-electron chi connectivity index (χ1n) is 6.69. The highest BCUT2D eigenvalue weighted by Crippen LogP contribution is 2.33. The number of sulfonamides is 1. The van der Waals surface area contributed by atoms with Crippen molar-refractivity contribution in [1.82, 2.24) is 4.31 Å². The van der Waals surface area contributed by atoms with Crippen molar-refractivity contribution in [3.05, 3.63) is 53.1 Å². The fourth-order valence-electron chi connectivity index (χ4n) is 2.82. The molecule has 1 aromatic rings. The Kier molecular flexibility index (Phi) is 3.89. The third kappa shape index (κ3) is 2.45. The van der Waals surface area contributed by atoms with Crippen molar-refractivity contribution in [3.63, 3.8) is 0 Å². The van der Waals surface area contributed by atoms with Crippen molar-refractivity contribution in [3.8, 4) is 0 Å². The summed E-state index contributed by atoms with van der Waals surface area (Å²) in [6.07, 6.45) is 0. The lowest BCUT2D eigenvalue weighted by atomic mass is 10.0. The Hall–Kier alpha value is -1.39. The maximum Gasteiger partial charge on any atom is 0.243 e. The van der Waals surface area contributed by atoms with Crippen LogP contribution < -0.4 is 0 Å². The first-order chi connectivity index (χ1) is 9.25. The van der Waals surface area contributed by atoms with Crippen molar-refractivity contribution in [2.75, 3.05) is 6.54 Å². The molecule has 1 aliphatic rings. The molecule has 3 nitrogen and oxygen atoms in total. The molecular weight excluding hydrogens is 270 g/mol. The van der Waals surface area contributed by atoms with Gasteiger partial charge < -0.3 is 0 Å². The highest BCUT2D eigenvalue weighted by Gasteiger charge is 2.36. The molecule has 2 rings (SSSR count). The molecule has 0 aromatic heterocycles. The van der Waals surface area contributed by atoms with E-state index in [2.05, 4.69) is 6.58 Å². The highest BCUT2D eigenvalue weighted by molar-refractivity contribution is 7.89. The lowest BCUT2D eigenvalue weighted by Crippen LogP contribution is -2.35. The Morgan fingerprint density at radius 1 is 1.25 bits per heavy atom. The van der Waals surface area contributed by atoms with Crippen LogP contribution in [-0.4, -0.2) is 25.3 Å². The molecule has 20 heavy (non-hydrogen) atoms. The number of nitrogens with zero attached hydrogens (tertiary/aromatic N) is 1. The van der Waals surface area contributed by atoms with Gasteiger partial charge in [-0.2, -0.15) is 4.31 Å². The van der Waals surface area contributed by atoms with Crippen LogP contribution in [0.2, 0.25) is 0 Å². The molecule has 0 spiro atoms. The lowest BCUT2D eigenvalue weighted by molar-refractivity contribution is 0.419. The van der Waals surface area contributed by atoms with E-state index in [0.717, 1.165) is 22.3 Å². The second-order valence-electron chi connectivity index (χ2n) is 5.51. The third-order valence-electron chi connectivity index (χ3n) is 3.79. The molecule has 0 bridgehead atoms. The minimum atomic E-state index is -3.45. The average molecular weight is 291 g/mol. The molecule has 0 fully saturated rings. The van der Waals surface area contributed by atoms with Crippen molar-refractivity contribution >= 4 is 10.0 Å². The zero-order valence-corrected chi connectivity index (χ0v) is 13.3. The summed E-state index contributed by atoms with van der Waals surface area (Å²) >= 11 is 0. The van der Waals surface area contributed by atoms with E-state index in [4.69, 9.17) is 0 Å². The van der Waals surface area contributed by atoms with Crippen LogP contribution in [0.25, 0.3) is 0 Å². The van der Waals surface area contributed by atoms with E-state index < -0.39 is 10.0 Å². The molecule has 0 saturated heterocycles. The molecule has 1 atom stereocenters. The van der Waals surface area contributed by atoms with Crippen LogP contribution in [0.15, 0.2) is 52.5 Å². The molecule has 1 unspecified atom stereocenters. The van der Waals surface area contributed by atoms with Gasteiger partial charge in [0.1, 0.15) is 0 Å². The smallest absolute Gasteiger partial charge is 0.207 e. The van der Waals surface area contributed by atoms with Crippen LogP contribution in [-0.2, 0) is 10.0 Å². The molecule has 1 aliphatic heterocycles. The molecule has 0 radical (unpaired) electrons. The Labute approximate surface area is 121 Å². The number of benzene rings is 1. The van der Waals surface area contributed by atoms with E-state index in [-0.39, 0.29) is 6.04 Å². The topological polar surface area (TPSA) is 37.4 Å². The maximum atomic E-state index is 12.7. The van der Waals surface area contributed by atoms with Gasteiger partial charge in [-0.1, -0.05) is 35.4 Å². The molecule has 0 amide bonds. The summed E-state index contributed by atoms with van der Waals surface area (Å²) in [5, 5.41) is 0. The summed E-state index contributed by atoms with van der Waals surface area (Å²) in [6.45, 7) is 12.2. The summed E-state index contributed by atoms with van der Waals surface area (Å²) in [4.78, 5) is 0.353. The van der Waals surface area contributed by atoms with E-state index in [1.807, 2.05) is 39.8 Å². The Bertz CT molecular complexity index is 669. The second-order valence-corrected chi connectivity index (χ2v) is 7.40. The summed E-state index contributed by atoms with van der Waals surface area (Å²) in [6, 6.07) is 6.84. The van der Waals surface area contributed by atoms with Crippen molar-refractivity contribution in [2.45, 2.75) is 38.6 Å². The summed E-state index contributed by atoms with van der Waals surface area (Å²) in [5.74, 6) is 0. The second kappa shape index (κ2) is 5.19. The minimum absolute atomic E-state index is 0.154. The van der Waals surface area contributed by atoms with Crippen LogP contribution in [0, 0.1) is 6.92 Å². The fraction of sp³-hybridized carbons (Fsp3) is 0.375. The number of hydrogen-bond acceptors (Lipinski definition) is 2. The van der Waals surface area contributed by atoms with Gasteiger partial charge in [-0.05, 0) is 45.4 Å². The largest absolute Gasteiger partial charge is 0.243 e. The Balaban J connectivity index is 2.39. The van der Waals surface area contributed by atoms with Gasteiger partial charge in [0.15, 0.2) is 0 Å². The quantitative estimate of drug-likeness (QED) is 0.857. The van der Waals surface area contributed by atoms with E-state index in [9.17, 15) is 8.42 Å². The van der Waals surface area contributed by atoms with Crippen molar-refractivity contribution in [2.24, 2.45) is 0 Å². The normalized spacial score (nSPS) is 20.5. The standard InChI is InChI=1S/C16H21NO2S/c1-11(2)16-13(4)10-17(14(16)5)20(18,19)15-8-6-12(3)7-9-15/h6-9,14H,1,10H2,2-5H3. The molecule has 108 valence electrons. The summed E-state index contributed by atoms with van der Waals surface area (Å²) < 4.78 is 27.0. The average Bonchev–Trinajstić information content (AvgIpc) is 2.66.